The van der Waals surface area contributed by atoms with Crippen molar-refractivity contribution in [2.75, 3.05) is 5.75 Å². The lowest BCUT2D eigenvalue weighted by Gasteiger charge is -2.29. The number of fused-ring (bicyclic) bond motifs is 1. The fourth-order valence-electron chi connectivity index (χ4n) is 3.13. The van der Waals surface area contributed by atoms with Gasteiger partial charge in [-0.25, -0.2) is 14.8 Å². The number of urea groups is 1. The Bertz CT molecular complexity index is 762. The Hall–Kier alpha value is -2.15. The van der Waals surface area contributed by atoms with E-state index in [9.17, 15) is 9.59 Å². The number of thioether (sulfide) groups is 1. The molecule has 2 aromatic rings. The Morgan fingerprint density at radius 3 is 2.84 bits per heavy atom. The van der Waals surface area contributed by atoms with Gasteiger partial charge in [0.1, 0.15) is 11.4 Å². The molecular formula is C18H22N4O2S. The van der Waals surface area contributed by atoms with Gasteiger partial charge in [0.05, 0.1) is 11.3 Å². The van der Waals surface area contributed by atoms with Gasteiger partial charge in [0.2, 0.25) is 5.91 Å². The molecule has 2 N–H and O–H groups in total. The van der Waals surface area contributed by atoms with Crippen LogP contribution in [0.25, 0.3) is 10.9 Å². The summed E-state index contributed by atoms with van der Waals surface area (Å²) in [5.74, 6) is 0.263. The normalized spacial score (nSPS) is 20.2. The average molecular weight is 358 g/mol. The monoisotopic (exact) mass is 358 g/mol. The molecule has 1 aliphatic carbocycles. The minimum absolute atomic E-state index is 0.134. The first-order valence-electron chi connectivity index (χ1n) is 8.56. The lowest BCUT2D eigenvalue weighted by atomic mass is 9.86. The number of carbonyl (C=O) groups is 2. The maximum absolute atomic E-state index is 12.0. The third-order valence-corrected chi connectivity index (χ3v) is 5.53. The van der Waals surface area contributed by atoms with E-state index in [2.05, 4.69) is 27.5 Å². The topological polar surface area (TPSA) is 84.0 Å². The van der Waals surface area contributed by atoms with Crippen molar-refractivity contribution in [1.29, 1.82) is 0 Å². The van der Waals surface area contributed by atoms with E-state index in [1.165, 1.54) is 24.5 Å². The van der Waals surface area contributed by atoms with E-state index in [1.807, 2.05) is 24.3 Å². The first-order valence-corrected chi connectivity index (χ1v) is 9.55. The molecule has 0 spiro atoms. The fourth-order valence-corrected chi connectivity index (χ4v) is 3.92. The Kier molecular flexibility index (Phi) is 5.86. The molecule has 1 aliphatic rings. The lowest BCUT2D eigenvalue weighted by Crippen LogP contribution is -2.48. The second-order valence-electron chi connectivity index (χ2n) is 6.37. The lowest BCUT2D eigenvalue weighted by molar-refractivity contribution is -0.117. The van der Waals surface area contributed by atoms with Crippen molar-refractivity contribution in [2.45, 2.75) is 43.7 Å². The fraction of sp³-hybridized carbons (Fsp3) is 0.444. The van der Waals surface area contributed by atoms with E-state index >= 15 is 0 Å². The van der Waals surface area contributed by atoms with Crippen LogP contribution < -0.4 is 10.6 Å². The van der Waals surface area contributed by atoms with Crippen LogP contribution in [0.3, 0.4) is 0 Å². The summed E-state index contributed by atoms with van der Waals surface area (Å²) in [4.78, 5) is 32.5. The van der Waals surface area contributed by atoms with Crippen LogP contribution in [0.1, 0.15) is 32.6 Å². The molecule has 3 rings (SSSR count). The number of nitrogens with one attached hydrogen (secondary N) is 2. The van der Waals surface area contributed by atoms with Crippen molar-refractivity contribution in [2.24, 2.45) is 5.92 Å². The number of imide groups is 1. The zero-order chi connectivity index (χ0) is 17.6. The number of amides is 3. The molecule has 1 saturated carbocycles. The van der Waals surface area contributed by atoms with Crippen LogP contribution in [-0.4, -0.2) is 33.7 Å². The van der Waals surface area contributed by atoms with E-state index in [1.54, 1.807) is 0 Å². The standard InChI is InChI=1S/C18H22N4O2S/c1-12-6-2-4-8-14(12)21-18(24)22-16(23)10-25-17-13-7-3-5-9-15(13)19-11-20-17/h3,5,7,9,11-12,14H,2,4,6,8,10H2,1H3,(H2,21,22,23,24)/t12-,14-/m1/s1. The van der Waals surface area contributed by atoms with Crippen LogP contribution in [0.4, 0.5) is 4.79 Å². The van der Waals surface area contributed by atoms with Crippen molar-refractivity contribution in [3.8, 4) is 0 Å². The molecule has 1 aromatic heterocycles. The zero-order valence-corrected chi connectivity index (χ0v) is 15.0. The third kappa shape index (κ3) is 4.69. The van der Waals surface area contributed by atoms with Crippen LogP contribution in [0.2, 0.25) is 0 Å². The first kappa shape index (κ1) is 17.7. The second-order valence-corrected chi connectivity index (χ2v) is 7.34. The van der Waals surface area contributed by atoms with Crippen molar-refractivity contribution >= 4 is 34.6 Å². The minimum atomic E-state index is -0.406. The number of nitrogens with zero attached hydrogens (tertiary/aromatic N) is 2. The number of benzene rings is 1. The van der Waals surface area contributed by atoms with Gasteiger partial charge in [-0.15, -0.1) is 0 Å². The number of para-hydroxylation sites is 1. The predicted octanol–water partition coefficient (Wildman–Crippen LogP) is 3.13. The molecule has 0 aliphatic heterocycles. The quantitative estimate of drug-likeness (QED) is 0.648. The average Bonchev–Trinajstić information content (AvgIpc) is 2.62. The van der Waals surface area contributed by atoms with E-state index in [-0.39, 0.29) is 17.7 Å². The van der Waals surface area contributed by atoms with Gasteiger partial charge >= 0.3 is 6.03 Å². The van der Waals surface area contributed by atoms with Crippen molar-refractivity contribution in [1.82, 2.24) is 20.6 Å². The van der Waals surface area contributed by atoms with Crippen LogP contribution >= 0.6 is 11.8 Å². The molecule has 0 radical (unpaired) electrons. The van der Waals surface area contributed by atoms with Crippen molar-refractivity contribution in [3.05, 3.63) is 30.6 Å². The first-order chi connectivity index (χ1) is 12.1. The van der Waals surface area contributed by atoms with Gasteiger partial charge < -0.3 is 5.32 Å². The van der Waals surface area contributed by atoms with Gasteiger partial charge in [0.15, 0.2) is 0 Å². The Balaban J connectivity index is 1.51. The van der Waals surface area contributed by atoms with Crippen LogP contribution in [0.15, 0.2) is 35.6 Å². The minimum Gasteiger partial charge on any atom is -0.335 e. The molecule has 0 unspecified atom stereocenters. The molecule has 2 atom stereocenters. The Labute approximate surface area is 151 Å². The van der Waals surface area contributed by atoms with E-state index < -0.39 is 6.03 Å². The van der Waals surface area contributed by atoms with Gasteiger partial charge in [-0.3, -0.25) is 10.1 Å². The van der Waals surface area contributed by atoms with Crippen LogP contribution in [-0.2, 0) is 4.79 Å². The summed E-state index contributed by atoms with van der Waals surface area (Å²) < 4.78 is 0. The molecule has 1 aromatic carbocycles. The summed E-state index contributed by atoms with van der Waals surface area (Å²) in [6.45, 7) is 2.14. The van der Waals surface area contributed by atoms with Crippen LogP contribution in [0, 0.1) is 5.92 Å². The highest BCUT2D eigenvalue weighted by molar-refractivity contribution is 8.00. The summed E-state index contributed by atoms with van der Waals surface area (Å²) in [6, 6.07) is 7.39. The van der Waals surface area contributed by atoms with Gasteiger partial charge in [-0.05, 0) is 24.8 Å². The SMILES string of the molecule is C[C@@H]1CCCC[C@H]1NC(=O)NC(=O)CSc1ncnc2ccccc12. The Morgan fingerprint density at radius 2 is 2.00 bits per heavy atom. The van der Waals surface area contributed by atoms with Gasteiger partial charge in [-0.2, -0.15) is 0 Å². The van der Waals surface area contributed by atoms with E-state index in [4.69, 9.17) is 0 Å². The maximum atomic E-state index is 12.0. The second kappa shape index (κ2) is 8.29. The summed E-state index contributed by atoms with van der Waals surface area (Å²) >= 11 is 1.30. The smallest absolute Gasteiger partial charge is 0.321 e. The summed E-state index contributed by atoms with van der Waals surface area (Å²) in [6.07, 6.45) is 5.92. The van der Waals surface area contributed by atoms with Gasteiger partial charge in [0, 0.05) is 11.4 Å². The maximum Gasteiger partial charge on any atom is 0.321 e. The third-order valence-electron chi connectivity index (χ3n) is 4.53. The number of aromatic nitrogens is 2. The summed E-state index contributed by atoms with van der Waals surface area (Å²) in [5.41, 5.74) is 0.837. The van der Waals surface area contributed by atoms with Crippen molar-refractivity contribution in [3.63, 3.8) is 0 Å². The number of hydrogen-bond donors (Lipinski definition) is 2. The highest BCUT2D eigenvalue weighted by Crippen LogP contribution is 2.24. The molecule has 0 bridgehead atoms. The van der Waals surface area contributed by atoms with E-state index in [0.717, 1.165) is 35.2 Å². The molecule has 1 heterocycles. The van der Waals surface area contributed by atoms with Crippen LogP contribution in [0.5, 0.6) is 0 Å². The van der Waals surface area contributed by atoms with E-state index in [0.29, 0.717) is 5.92 Å². The molecule has 6 nitrogen and oxygen atoms in total. The largest absolute Gasteiger partial charge is 0.335 e. The number of hydrogen-bond acceptors (Lipinski definition) is 5. The highest BCUT2D eigenvalue weighted by Gasteiger charge is 2.23. The summed E-state index contributed by atoms with van der Waals surface area (Å²) in [5, 5.41) is 6.98. The van der Waals surface area contributed by atoms with Crippen molar-refractivity contribution < 1.29 is 9.59 Å². The van der Waals surface area contributed by atoms with Gasteiger partial charge in [-0.1, -0.05) is 49.7 Å². The molecule has 0 saturated heterocycles. The number of carbonyl (C=O) groups excluding carboxylic acids is 2. The Morgan fingerprint density at radius 1 is 1.20 bits per heavy atom. The number of rotatable bonds is 4. The molecule has 3 amide bonds. The molecule has 132 valence electrons. The zero-order valence-electron chi connectivity index (χ0n) is 14.2. The molecule has 1 fully saturated rings. The molecular weight excluding hydrogens is 336 g/mol. The van der Waals surface area contributed by atoms with Gasteiger partial charge in [0.25, 0.3) is 0 Å². The summed E-state index contributed by atoms with van der Waals surface area (Å²) in [7, 11) is 0. The molecule has 25 heavy (non-hydrogen) atoms. The predicted molar refractivity (Wildman–Crippen MR) is 98.4 cm³/mol. The molecule has 7 heteroatoms. The highest BCUT2D eigenvalue weighted by atomic mass is 32.2.